The summed E-state index contributed by atoms with van der Waals surface area (Å²) < 4.78 is 17.8. The molecule has 1 atom stereocenters. The lowest BCUT2D eigenvalue weighted by atomic mass is 9.84. The lowest BCUT2D eigenvalue weighted by Gasteiger charge is -2.25. The highest BCUT2D eigenvalue weighted by Gasteiger charge is 2.35. The number of hydrogen-bond donors (Lipinski definition) is 2. The zero-order valence-electron chi connectivity index (χ0n) is 16.7. The van der Waals surface area contributed by atoms with Crippen molar-refractivity contribution in [3.05, 3.63) is 79.7 Å². The van der Waals surface area contributed by atoms with Crippen LogP contribution in [0.3, 0.4) is 0 Å². The van der Waals surface area contributed by atoms with E-state index in [4.69, 9.17) is 31.5 Å². The lowest BCUT2D eigenvalue weighted by Crippen LogP contribution is -2.21. The smallest absolute Gasteiger partial charge is 0.244 e. The number of aromatic amines is 1. The molecule has 2 heterocycles. The fraction of sp³-hybridized carbons (Fsp3) is 0.182. The summed E-state index contributed by atoms with van der Waals surface area (Å²) >= 11 is 9.53. The number of aromatic nitrogens is 2. The standard InChI is InChI=1S/C22H18BrClN4O3/c1-11-18-19(15(9-25)21(26)31-22(18)28-27-11)13-7-16(23)20(17(8-13)29-2)30-10-12-3-5-14(24)6-4-12/h3-8,19H,10,26H2,1-2H3,(H,27,28)/t19-/m0/s1. The van der Waals surface area contributed by atoms with Gasteiger partial charge in [-0.15, -0.1) is 5.10 Å². The van der Waals surface area contributed by atoms with Crippen LogP contribution in [0, 0.1) is 18.3 Å². The van der Waals surface area contributed by atoms with Gasteiger partial charge in [0.05, 0.1) is 17.5 Å². The Bertz CT molecular complexity index is 1210. The van der Waals surface area contributed by atoms with Gasteiger partial charge in [-0.3, -0.25) is 5.10 Å². The molecule has 0 bridgehead atoms. The lowest BCUT2D eigenvalue weighted by molar-refractivity contribution is 0.282. The van der Waals surface area contributed by atoms with Crippen molar-refractivity contribution in [3.63, 3.8) is 0 Å². The summed E-state index contributed by atoms with van der Waals surface area (Å²) in [6.45, 7) is 2.21. The van der Waals surface area contributed by atoms with Gasteiger partial charge in [-0.05, 0) is 58.2 Å². The van der Waals surface area contributed by atoms with Crippen LogP contribution in [-0.4, -0.2) is 17.3 Å². The number of nitrogens with zero attached hydrogens (tertiary/aromatic N) is 2. The summed E-state index contributed by atoms with van der Waals surface area (Å²) in [7, 11) is 1.56. The summed E-state index contributed by atoms with van der Waals surface area (Å²) in [6, 6.07) is 13.3. The molecule has 0 aliphatic carbocycles. The summed E-state index contributed by atoms with van der Waals surface area (Å²) in [4.78, 5) is 0. The molecular formula is C22H18BrClN4O3. The molecule has 1 aliphatic heterocycles. The molecule has 3 aromatic rings. The number of nitrogens with two attached hydrogens (primary N) is 1. The van der Waals surface area contributed by atoms with Gasteiger partial charge in [-0.1, -0.05) is 23.7 Å². The van der Waals surface area contributed by atoms with Crippen molar-refractivity contribution in [1.29, 1.82) is 5.26 Å². The number of benzene rings is 2. The number of rotatable bonds is 5. The van der Waals surface area contributed by atoms with Gasteiger partial charge in [-0.2, -0.15) is 5.26 Å². The highest BCUT2D eigenvalue weighted by molar-refractivity contribution is 9.10. The molecule has 9 heteroatoms. The minimum Gasteiger partial charge on any atom is -0.493 e. The third-order valence-electron chi connectivity index (χ3n) is 5.01. The topological polar surface area (TPSA) is 106 Å². The van der Waals surface area contributed by atoms with Crippen LogP contribution >= 0.6 is 27.5 Å². The number of aryl methyl sites for hydroxylation is 1. The number of ether oxygens (including phenoxy) is 3. The monoisotopic (exact) mass is 500 g/mol. The first kappa shape index (κ1) is 21.1. The first-order chi connectivity index (χ1) is 14.9. The molecular weight excluding hydrogens is 484 g/mol. The number of methoxy groups -OCH3 is 1. The zero-order chi connectivity index (χ0) is 22.1. The maximum atomic E-state index is 9.75. The molecule has 0 radical (unpaired) electrons. The molecule has 0 amide bonds. The van der Waals surface area contributed by atoms with Crippen LogP contribution < -0.4 is 19.9 Å². The van der Waals surface area contributed by atoms with E-state index in [9.17, 15) is 5.26 Å². The van der Waals surface area contributed by atoms with Crippen molar-refractivity contribution in [3.8, 4) is 23.4 Å². The van der Waals surface area contributed by atoms with Crippen molar-refractivity contribution in [2.75, 3.05) is 7.11 Å². The third kappa shape index (κ3) is 3.94. The molecule has 0 saturated heterocycles. The quantitative estimate of drug-likeness (QED) is 0.513. The van der Waals surface area contributed by atoms with Crippen LogP contribution in [0.5, 0.6) is 17.4 Å². The van der Waals surface area contributed by atoms with Gasteiger partial charge in [-0.25, -0.2) is 0 Å². The molecule has 0 spiro atoms. The molecule has 0 fully saturated rings. The Kier molecular flexibility index (Phi) is 5.81. The number of hydrogen-bond acceptors (Lipinski definition) is 6. The Balaban J connectivity index is 1.73. The second-order valence-electron chi connectivity index (χ2n) is 6.94. The van der Waals surface area contributed by atoms with Crippen LogP contribution in [0.4, 0.5) is 0 Å². The highest BCUT2D eigenvalue weighted by Crippen LogP contribution is 2.46. The third-order valence-corrected chi connectivity index (χ3v) is 5.85. The highest BCUT2D eigenvalue weighted by atomic mass is 79.9. The van der Waals surface area contributed by atoms with Crippen LogP contribution in [0.15, 0.2) is 52.3 Å². The Morgan fingerprint density at radius 3 is 2.74 bits per heavy atom. The Hall–Kier alpha value is -3.15. The number of halogens is 2. The number of nitriles is 1. The zero-order valence-corrected chi connectivity index (χ0v) is 19.0. The molecule has 0 unspecified atom stereocenters. The summed E-state index contributed by atoms with van der Waals surface area (Å²) in [5, 5.41) is 17.5. The SMILES string of the molecule is COc1cc([C@H]2C(C#N)=C(N)Oc3n[nH]c(C)c32)cc(Br)c1OCc1ccc(Cl)cc1. The molecule has 1 aliphatic rings. The van der Waals surface area contributed by atoms with Gasteiger partial charge in [0.25, 0.3) is 0 Å². The fourth-order valence-electron chi connectivity index (χ4n) is 3.51. The van der Waals surface area contributed by atoms with Crippen molar-refractivity contribution in [2.24, 2.45) is 5.73 Å². The van der Waals surface area contributed by atoms with Gasteiger partial charge < -0.3 is 19.9 Å². The van der Waals surface area contributed by atoms with E-state index in [1.165, 1.54) is 0 Å². The normalized spacial score (nSPS) is 15.1. The van der Waals surface area contributed by atoms with Gasteiger partial charge in [0.2, 0.25) is 11.8 Å². The molecule has 7 nitrogen and oxygen atoms in total. The van der Waals surface area contributed by atoms with Gasteiger partial charge in [0, 0.05) is 16.3 Å². The molecule has 2 aromatic carbocycles. The van der Waals surface area contributed by atoms with E-state index < -0.39 is 5.92 Å². The van der Waals surface area contributed by atoms with E-state index in [1.807, 2.05) is 43.3 Å². The molecule has 3 N–H and O–H groups in total. The van der Waals surface area contributed by atoms with Crippen LogP contribution in [-0.2, 0) is 6.61 Å². The number of nitrogens with one attached hydrogen (secondary N) is 1. The minimum absolute atomic E-state index is 0.0321. The Morgan fingerprint density at radius 2 is 2.06 bits per heavy atom. The van der Waals surface area contributed by atoms with E-state index in [-0.39, 0.29) is 5.88 Å². The number of fused-ring (bicyclic) bond motifs is 1. The minimum atomic E-state index is -0.456. The first-order valence-electron chi connectivity index (χ1n) is 9.30. The van der Waals surface area contributed by atoms with E-state index in [1.54, 1.807) is 7.11 Å². The van der Waals surface area contributed by atoms with Crippen molar-refractivity contribution < 1.29 is 14.2 Å². The summed E-state index contributed by atoms with van der Waals surface area (Å²) in [5.74, 6) is 1.00. The first-order valence-corrected chi connectivity index (χ1v) is 10.5. The van der Waals surface area contributed by atoms with Crippen LogP contribution in [0.25, 0.3) is 0 Å². The van der Waals surface area contributed by atoms with E-state index in [0.717, 1.165) is 22.4 Å². The summed E-state index contributed by atoms with van der Waals surface area (Å²) in [5.41, 5.74) is 9.62. The van der Waals surface area contributed by atoms with Gasteiger partial charge >= 0.3 is 0 Å². The fourth-order valence-corrected chi connectivity index (χ4v) is 4.21. The Morgan fingerprint density at radius 1 is 1.32 bits per heavy atom. The molecule has 1 aromatic heterocycles. The largest absolute Gasteiger partial charge is 0.493 e. The number of allylic oxidation sites excluding steroid dienone is 1. The molecule has 0 saturated carbocycles. The Labute approximate surface area is 192 Å². The predicted molar refractivity (Wildman–Crippen MR) is 119 cm³/mol. The van der Waals surface area contributed by atoms with Gasteiger partial charge in [0.1, 0.15) is 18.2 Å². The molecule has 158 valence electrons. The van der Waals surface area contributed by atoms with Crippen molar-refractivity contribution in [1.82, 2.24) is 10.2 Å². The van der Waals surface area contributed by atoms with Crippen molar-refractivity contribution in [2.45, 2.75) is 19.4 Å². The maximum absolute atomic E-state index is 9.75. The van der Waals surface area contributed by atoms with E-state index >= 15 is 0 Å². The molecule has 4 rings (SSSR count). The average molecular weight is 502 g/mol. The van der Waals surface area contributed by atoms with Crippen LogP contribution in [0.2, 0.25) is 5.02 Å². The summed E-state index contributed by atoms with van der Waals surface area (Å²) in [6.07, 6.45) is 0. The van der Waals surface area contributed by atoms with Crippen LogP contribution in [0.1, 0.15) is 28.3 Å². The van der Waals surface area contributed by atoms with E-state index in [2.05, 4.69) is 32.2 Å². The van der Waals surface area contributed by atoms with E-state index in [0.29, 0.717) is 39.1 Å². The average Bonchev–Trinajstić information content (AvgIpc) is 3.12. The molecule has 31 heavy (non-hydrogen) atoms. The number of H-pyrrole nitrogens is 1. The predicted octanol–water partition coefficient (Wildman–Crippen LogP) is 4.94. The second-order valence-corrected chi connectivity index (χ2v) is 8.23. The maximum Gasteiger partial charge on any atom is 0.244 e. The second kappa shape index (κ2) is 8.53. The van der Waals surface area contributed by atoms with Crippen molar-refractivity contribution >= 4 is 27.5 Å². The van der Waals surface area contributed by atoms with Gasteiger partial charge in [0.15, 0.2) is 11.5 Å².